The number of oxime groups is 1. The highest BCUT2D eigenvalue weighted by Gasteiger charge is 2.17. The summed E-state index contributed by atoms with van der Waals surface area (Å²) in [5.74, 6) is -1.03. The van der Waals surface area contributed by atoms with Crippen LogP contribution >= 0.6 is 0 Å². The lowest BCUT2D eigenvalue weighted by atomic mass is 10.1. The van der Waals surface area contributed by atoms with Crippen molar-refractivity contribution in [1.29, 1.82) is 0 Å². The Hall–Kier alpha value is -1.87. The minimum Gasteiger partial charge on any atom is -0.409 e. The smallest absolute Gasteiger partial charge is 0.301 e. The Morgan fingerprint density at radius 3 is 2.61 bits per heavy atom. The first-order chi connectivity index (χ1) is 8.27. The van der Waals surface area contributed by atoms with Gasteiger partial charge < -0.3 is 10.9 Å². The molecule has 9 heteroatoms. The minimum atomic E-state index is -3.76. The van der Waals surface area contributed by atoms with Crippen molar-refractivity contribution in [3.05, 3.63) is 29.6 Å². The summed E-state index contributed by atoms with van der Waals surface area (Å²) in [6, 6.07) is 3.20. The molecule has 0 aliphatic heterocycles. The number of benzene rings is 1. The van der Waals surface area contributed by atoms with Gasteiger partial charge in [-0.15, -0.1) is 0 Å². The molecular weight excluding hydrogens is 263 g/mol. The zero-order valence-corrected chi connectivity index (χ0v) is 10.6. The minimum absolute atomic E-state index is 0.0143. The Bertz CT molecular complexity index is 571. The van der Waals surface area contributed by atoms with Gasteiger partial charge in [-0.05, 0) is 18.2 Å². The van der Waals surface area contributed by atoms with E-state index < -0.39 is 21.9 Å². The number of nitrogens with zero attached hydrogens (tertiary/aromatic N) is 2. The average Bonchev–Trinajstić information content (AvgIpc) is 2.30. The molecule has 18 heavy (non-hydrogen) atoms. The predicted octanol–water partition coefficient (Wildman–Crippen LogP) is 0.139. The van der Waals surface area contributed by atoms with E-state index in [1.807, 2.05) is 0 Å². The largest absolute Gasteiger partial charge is 0.409 e. The number of anilines is 1. The van der Waals surface area contributed by atoms with Crippen molar-refractivity contribution in [3.8, 4) is 0 Å². The summed E-state index contributed by atoms with van der Waals surface area (Å²) in [5.41, 5.74) is 5.31. The molecule has 0 fully saturated rings. The highest BCUT2D eigenvalue weighted by atomic mass is 32.2. The molecule has 0 bridgehead atoms. The van der Waals surface area contributed by atoms with Gasteiger partial charge in [0.15, 0.2) is 5.84 Å². The molecule has 0 aliphatic rings. The first-order valence-electron chi connectivity index (χ1n) is 4.75. The Morgan fingerprint density at radius 2 is 2.11 bits per heavy atom. The number of halogens is 1. The SMILES string of the molecule is CN(C)S(=O)(=O)Nc1ccc(F)cc1/C(N)=N/O. The zero-order chi connectivity index (χ0) is 13.9. The summed E-state index contributed by atoms with van der Waals surface area (Å²) in [6.45, 7) is 0. The van der Waals surface area contributed by atoms with E-state index in [0.29, 0.717) is 0 Å². The molecule has 0 saturated heterocycles. The van der Waals surface area contributed by atoms with Crippen LogP contribution in [0.4, 0.5) is 10.1 Å². The van der Waals surface area contributed by atoms with E-state index in [-0.39, 0.29) is 11.3 Å². The predicted molar refractivity (Wildman–Crippen MR) is 65.1 cm³/mol. The van der Waals surface area contributed by atoms with Crippen molar-refractivity contribution in [2.24, 2.45) is 10.9 Å². The molecular formula is C9H13FN4O3S. The Morgan fingerprint density at radius 1 is 1.50 bits per heavy atom. The van der Waals surface area contributed by atoms with Crippen molar-refractivity contribution >= 4 is 21.7 Å². The number of nitrogens with one attached hydrogen (secondary N) is 1. The summed E-state index contributed by atoms with van der Waals surface area (Å²) in [7, 11) is -1.10. The van der Waals surface area contributed by atoms with Gasteiger partial charge in [0.25, 0.3) is 0 Å². The van der Waals surface area contributed by atoms with Gasteiger partial charge in [-0.25, -0.2) is 4.39 Å². The fourth-order valence-electron chi connectivity index (χ4n) is 1.10. The fraction of sp³-hybridized carbons (Fsp3) is 0.222. The molecule has 0 heterocycles. The summed E-state index contributed by atoms with van der Waals surface area (Å²) < 4.78 is 39.4. The van der Waals surface area contributed by atoms with Crippen LogP contribution in [0.25, 0.3) is 0 Å². The van der Waals surface area contributed by atoms with Gasteiger partial charge in [0.05, 0.1) is 5.69 Å². The lowest BCUT2D eigenvalue weighted by Crippen LogP contribution is -2.30. The second kappa shape index (κ2) is 5.19. The van der Waals surface area contributed by atoms with Crippen molar-refractivity contribution in [3.63, 3.8) is 0 Å². The molecule has 0 atom stereocenters. The van der Waals surface area contributed by atoms with Crippen LogP contribution in [0.3, 0.4) is 0 Å². The first kappa shape index (κ1) is 14.2. The maximum Gasteiger partial charge on any atom is 0.301 e. The Balaban J connectivity index is 3.26. The lowest BCUT2D eigenvalue weighted by Gasteiger charge is -2.15. The van der Waals surface area contributed by atoms with E-state index in [4.69, 9.17) is 10.9 Å². The third-order valence-electron chi connectivity index (χ3n) is 2.08. The van der Waals surface area contributed by atoms with Crippen LogP contribution in [0.1, 0.15) is 5.56 Å². The number of hydrogen-bond donors (Lipinski definition) is 3. The van der Waals surface area contributed by atoms with E-state index in [1.54, 1.807) is 0 Å². The molecule has 100 valence electrons. The quantitative estimate of drug-likeness (QED) is 0.314. The number of nitrogens with two attached hydrogens (primary N) is 1. The van der Waals surface area contributed by atoms with Gasteiger partial charge in [-0.3, -0.25) is 4.72 Å². The maximum absolute atomic E-state index is 13.1. The standard InChI is InChI=1S/C9H13FN4O3S/c1-14(2)18(16,17)13-8-4-3-6(10)5-7(8)9(11)12-15/h3-5,13,15H,1-2H3,(H2,11,12). The molecule has 0 saturated carbocycles. The third-order valence-corrected chi connectivity index (χ3v) is 3.52. The highest BCUT2D eigenvalue weighted by Crippen LogP contribution is 2.18. The first-order valence-corrected chi connectivity index (χ1v) is 6.19. The van der Waals surface area contributed by atoms with Gasteiger partial charge >= 0.3 is 10.2 Å². The monoisotopic (exact) mass is 276 g/mol. The molecule has 0 unspecified atom stereocenters. The number of rotatable bonds is 4. The van der Waals surface area contributed by atoms with Gasteiger partial charge in [-0.2, -0.15) is 12.7 Å². The van der Waals surface area contributed by atoms with Gasteiger partial charge in [0.2, 0.25) is 0 Å². The van der Waals surface area contributed by atoms with Crippen LogP contribution in [0, 0.1) is 5.82 Å². The molecule has 0 aromatic heterocycles. The second-order valence-electron chi connectivity index (χ2n) is 3.56. The number of amidine groups is 1. The van der Waals surface area contributed by atoms with E-state index in [2.05, 4.69) is 9.88 Å². The third kappa shape index (κ3) is 3.08. The van der Waals surface area contributed by atoms with Crippen LogP contribution in [-0.4, -0.2) is 37.9 Å². The maximum atomic E-state index is 13.1. The van der Waals surface area contributed by atoms with Gasteiger partial charge in [0.1, 0.15) is 5.82 Å². The normalized spacial score (nSPS) is 12.8. The van der Waals surface area contributed by atoms with Crippen LogP contribution in [0.5, 0.6) is 0 Å². The van der Waals surface area contributed by atoms with Crippen molar-refractivity contribution in [2.45, 2.75) is 0 Å². The fourth-order valence-corrected chi connectivity index (χ4v) is 1.74. The molecule has 0 amide bonds. The Kier molecular flexibility index (Phi) is 4.09. The summed E-state index contributed by atoms with van der Waals surface area (Å²) >= 11 is 0. The van der Waals surface area contributed by atoms with Crippen molar-refractivity contribution in [2.75, 3.05) is 18.8 Å². The molecule has 7 nitrogen and oxygen atoms in total. The molecule has 0 radical (unpaired) electrons. The lowest BCUT2D eigenvalue weighted by molar-refractivity contribution is 0.318. The second-order valence-corrected chi connectivity index (χ2v) is 5.45. The zero-order valence-electron chi connectivity index (χ0n) is 9.75. The van der Waals surface area contributed by atoms with E-state index in [9.17, 15) is 12.8 Å². The van der Waals surface area contributed by atoms with Crippen LogP contribution in [-0.2, 0) is 10.2 Å². The highest BCUT2D eigenvalue weighted by molar-refractivity contribution is 7.90. The molecule has 1 rings (SSSR count). The summed E-state index contributed by atoms with van der Waals surface area (Å²) in [4.78, 5) is 0. The molecule has 1 aromatic rings. The Labute approximate surface area is 104 Å². The van der Waals surface area contributed by atoms with Crippen LogP contribution in [0.15, 0.2) is 23.4 Å². The van der Waals surface area contributed by atoms with Crippen molar-refractivity contribution in [1.82, 2.24) is 4.31 Å². The molecule has 0 aliphatic carbocycles. The van der Waals surface area contributed by atoms with E-state index in [0.717, 1.165) is 16.4 Å². The topological polar surface area (TPSA) is 108 Å². The van der Waals surface area contributed by atoms with Crippen LogP contribution < -0.4 is 10.5 Å². The average molecular weight is 276 g/mol. The van der Waals surface area contributed by atoms with Gasteiger partial charge in [-0.1, -0.05) is 5.16 Å². The van der Waals surface area contributed by atoms with Crippen molar-refractivity contribution < 1.29 is 18.0 Å². The molecule has 0 spiro atoms. The van der Waals surface area contributed by atoms with E-state index >= 15 is 0 Å². The number of hydrogen-bond acceptors (Lipinski definition) is 4. The summed E-state index contributed by atoms with van der Waals surface area (Å²) in [5, 5.41) is 11.3. The molecule has 1 aromatic carbocycles. The molecule has 4 N–H and O–H groups in total. The summed E-state index contributed by atoms with van der Waals surface area (Å²) in [6.07, 6.45) is 0. The van der Waals surface area contributed by atoms with Gasteiger partial charge in [0, 0.05) is 19.7 Å². The van der Waals surface area contributed by atoms with Crippen LogP contribution in [0.2, 0.25) is 0 Å². The van der Waals surface area contributed by atoms with E-state index in [1.165, 1.54) is 20.2 Å².